The van der Waals surface area contributed by atoms with Gasteiger partial charge in [0.05, 0.1) is 13.5 Å². The molecule has 1 amide bonds. The Morgan fingerprint density at radius 1 is 1.10 bits per heavy atom. The molecule has 1 aliphatic rings. The van der Waals surface area contributed by atoms with E-state index in [9.17, 15) is 14.7 Å². The summed E-state index contributed by atoms with van der Waals surface area (Å²) in [6, 6.07) is 7.63. The van der Waals surface area contributed by atoms with Gasteiger partial charge in [0.15, 0.2) is 0 Å². The molecular weight excluding hydrogens is 516 g/mol. The van der Waals surface area contributed by atoms with Gasteiger partial charge in [0, 0.05) is 41.8 Å². The summed E-state index contributed by atoms with van der Waals surface area (Å²) in [4.78, 5) is 26.9. The number of aryl methyl sites for hydroxylation is 2. The maximum Gasteiger partial charge on any atom is 0.303 e. The van der Waals surface area contributed by atoms with Gasteiger partial charge in [-0.3, -0.25) is 9.59 Å². The number of benzene rings is 1. The third kappa shape index (κ3) is 7.35. The third-order valence-electron chi connectivity index (χ3n) is 6.98. The van der Waals surface area contributed by atoms with E-state index >= 15 is 0 Å². The number of methoxy groups -OCH3 is 1. The van der Waals surface area contributed by atoms with Crippen molar-refractivity contribution in [2.45, 2.75) is 70.8 Å². The fourth-order valence-electron chi connectivity index (χ4n) is 4.86. The number of carboxylic acid groups (broad SMARTS) is 1. The van der Waals surface area contributed by atoms with Gasteiger partial charge in [0.25, 0.3) is 0 Å². The Labute approximate surface area is 232 Å². The molecule has 1 fully saturated rings. The SMILES string of the molecule is CCc1cc(-c2nnc(-c3cc(OC)nc(C4CCCC4)c3)o2)cc(C)c1OC[C@@H](O)CNC(=O)CCC(=O)O. The second-order valence-electron chi connectivity index (χ2n) is 10.0. The standard InChI is InChI=1S/C29H36N4O7/c1-4-18-12-20(11-17(2)27(18)39-16-22(34)15-30-24(35)9-10-26(36)37)28-32-33-29(40-28)21-13-23(19-7-5-6-8-19)31-25(14-21)38-3/h11-14,19,22,34H,4-10,15-16H2,1-3H3,(H,30,35)(H,36,37)/t22-/m0/s1. The number of ether oxygens (including phenoxy) is 2. The van der Waals surface area contributed by atoms with Crippen LogP contribution in [0.1, 0.15) is 68.2 Å². The highest BCUT2D eigenvalue weighted by Gasteiger charge is 2.22. The van der Waals surface area contributed by atoms with E-state index in [4.69, 9.17) is 19.0 Å². The number of amides is 1. The minimum atomic E-state index is -1.05. The quantitative estimate of drug-likeness (QED) is 0.282. The van der Waals surface area contributed by atoms with Gasteiger partial charge in [-0.25, -0.2) is 4.98 Å². The summed E-state index contributed by atoms with van der Waals surface area (Å²) < 4.78 is 17.5. The molecule has 1 aromatic carbocycles. The van der Waals surface area contributed by atoms with Crippen LogP contribution in [0.5, 0.6) is 11.6 Å². The molecule has 0 spiro atoms. The molecule has 2 aromatic heterocycles. The van der Waals surface area contributed by atoms with Crippen LogP contribution in [0.25, 0.3) is 22.9 Å². The number of hydrogen-bond donors (Lipinski definition) is 3. The molecule has 11 nitrogen and oxygen atoms in total. The largest absolute Gasteiger partial charge is 0.490 e. The number of aliphatic carboxylic acids is 1. The highest BCUT2D eigenvalue weighted by atomic mass is 16.5. The Morgan fingerprint density at radius 2 is 1.80 bits per heavy atom. The van der Waals surface area contributed by atoms with Crippen molar-refractivity contribution >= 4 is 11.9 Å². The molecule has 0 radical (unpaired) electrons. The molecule has 0 unspecified atom stereocenters. The highest BCUT2D eigenvalue weighted by Crippen LogP contribution is 2.37. The third-order valence-corrected chi connectivity index (χ3v) is 6.98. The summed E-state index contributed by atoms with van der Waals surface area (Å²) in [6.07, 6.45) is 3.93. The molecule has 0 saturated heterocycles. The van der Waals surface area contributed by atoms with E-state index in [0.29, 0.717) is 35.7 Å². The number of carbonyl (C=O) groups excluding carboxylic acids is 1. The van der Waals surface area contributed by atoms with Crippen LogP contribution in [0.2, 0.25) is 0 Å². The zero-order valence-electron chi connectivity index (χ0n) is 23.1. The lowest BCUT2D eigenvalue weighted by molar-refractivity contribution is -0.138. The summed E-state index contributed by atoms with van der Waals surface area (Å²) >= 11 is 0. The normalized spacial score (nSPS) is 14.2. The first-order chi connectivity index (χ1) is 19.3. The average molecular weight is 553 g/mol. The fraction of sp³-hybridized carbons (Fsp3) is 0.483. The molecule has 1 saturated carbocycles. The Bertz CT molecular complexity index is 1330. The minimum Gasteiger partial charge on any atom is -0.490 e. The molecule has 3 N–H and O–H groups in total. The molecular formula is C29H36N4O7. The van der Waals surface area contributed by atoms with Crippen LogP contribution >= 0.6 is 0 Å². The van der Waals surface area contributed by atoms with Gasteiger partial charge >= 0.3 is 5.97 Å². The van der Waals surface area contributed by atoms with Crippen molar-refractivity contribution in [3.8, 4) is 34.5 Å². The summed E-state index contributed by atoms with van der Waals surface area (Å²) in [7, 11) is 1.60. The second kappa shape index (κ2) is 13.4. The van der Waals surface area contributed by atoms with Crippen LogP contribution in [0, 0.1) is 6.92 Å². The first-order valence-corrected chi connectivity index (χ1v) is 13.6. The Morgan fingerprint density at radius 3 is 2.45 bits per heavy atom. The fourth-order valence-corrected chi connectivity index (χ4v) is 4.86. The van der Waals surface area contributed by atoms with Crippen LogP contribution in [0.4, 0.5) is 0 Å². The number of hydrogen-bond acceptors (Lipinski definition) is 9. The molecule has 3 aromatic rings. The van der Waals surface area contributed by atoms with E-state index in [0.717, 1.165) is 40.8 Å². The smallest absolute Gasteiger partial charge is 0.303 e. The van der Waals surface area contributed by atoms with E-state index in [1.54, 1.807) is 13.2 Å². The van der Waals surface area contributed by atoms with Crippen molar-refractivity contribution < 1.29 is 33.7 Å². The first kappa shape index (κ1) is 29.0. The number of nitrogens with one attached hydrogen (secondary N) is 1. The van der Waals surface area contributed by atoms with Crippen molar-refractivity contribution in [3.05, 3.63) is 41.1 Å². The van der Waals surface area contributed by atoms with Crippen LogP contribution in [0.15, 0.2) is 28.7 Å². The summed E-state index contributed by atoms with van der Waals surface area (Å²) in [5.74, 6) is 0.850. The summed E-state index contributed by atoms with van der Waals surface area (Å²) in [5.41, 5.74) is 4.24. The number of aliphatic hydroxyl groups is 1. The highest BCUT2D eigenvalue weighted by molar-refractivity contribution is 5.80. The number of carboxylic acids is 1. The van der Waals surface area contributed by atoms with Crippen molar-refractivity contribution in [1.82, 2.24) is 20.5 Å². The number of rotatable bonds is 13. The lowest BCUT2D eigenvalue weighted by Crippen LogP contribution is -2.35. The van der Waals surface area contributed by atoms with Gasteiger partial charge in [-0.05, 0) is 55.5 Å². The number of carbonyl (C=O) groups is 2. The predicted octanol–water partition coefficient (Wildman–Crippen LogP) is 4.06. The molecule has 1 aliphatic carbocycles. The van der Waals surface area contributed by atoms with Crippen LogP contribution in [-0.2, 0) is 16.0 Å². The van der Waals surface area contributed by atoms with Crippen molar-refractivity contribution in [3.63, 3.8) is 0 Å². The number of nitrogens with zero attached hydrogens (tertiary/aromatic N) is 3. The zero-order chi connectivity index (χ0) is 28.6. The molecule has 2 heterocycles. The number of aliphatic hydroxyl groups excluding tert-OH is 1. The monoisotopic (exact) mass is 552 g/mol. The van der Waals surface area contributed by atoms with Gasteiger partial charge < -0.3 is 29.4 Å². The second-order valence-corrected chi connectivity index (χ2v) is 10.0. The first-order valence-electron chi connectivity index (χ1n) is 13.6. The van der Waals surface area contributed by atoms with Gasteiger partial charge in [-0.2, -0.15) is 0 Å². The number of aromatic nitrogens is 3. The molecule has 214 valence electrons. The predicted molar refractivity (Wildman–Crippen MR) is 146 cm³/mol. The Kier molecular flexibility index (Phi) is 9.70. The topological polar surface area (TPSA) is 157 Å². The molecule has 1 atom stereocenters. The van der Waals surface area contributed by atoms with Gasteiger partial charge in [0.2, 0.25) is 23.6 Å². The zero-order valence-corrected chi connectivity index (χ0v) is 23.1. The van der Waals surface area contributed by atoms with Gasteiger partial charge in [0.1, 0.15) is 18.5 Å². The van der Waals surface area contributed by atoms with Crippen LogP contribution in [0.3, 0.4) is 0 Å². The van der Waals surface area contributed by atoms with Crippen molar-refractivity contribution in [1.29, 1.82) is 0 Å². The summed E-state index contributed by atoms with van der Waals surface area (Å²) in [6.45, 7) is 3.82. The Balaban J connectivity index is 1.45. The van der Waals surface area contributed by atoms with Crippen LogP contribution in [-0.4, -0.2) is 63.6 Å². The maximum atomic E-state index is 11.7. The molecule has 0 aliphatic heterocycles. The van der Waals surface area contributed by atoms with E-state index in [-0.39, 0.29) is 26.0 Å². The van der Waals surface area contributed by atoms with E-state index in [1.807, 2.05) is 32.0 Å². The molecule has 4 rings (SSSR count). The van der Waals surface area contributed by atoms with E-state index in [1.165, 1.54) is 12.8 Å². The van der Waals surface area contributed by atoms with E-state index in [2.05, 4.69) is 20.5 Å². The molecule has 40 heavy (non-hydrogen) atoms. The summed E-state index contributed by atoms with van der Waals surface area (Å²) in [5, 5.41) is 30.0. The van der Waals surface area contributed by atoms with Crippen molar-refractivity contribution in [2.75, 3.05) is 20.3 Å². The number of pyridine rings is 1. The van der Waals surface area contributed by atoms with Gasteiger partial charge in [-0.1, -0.05) is 19.8 Å². The Hall–Kier alpha value is -3.99. The van der Waals surface area contributed by atoms with E-state index < -0.39 is 18.0 Å². The average Bonchev–Trinajstić information content (AvgIpc) is 3.67. The minimum absolute atomic E-state index is 0.0374. The lowest BCUT2D eigenvalue weighted by atomic mass is 10.0. The maximum absolute atomic E-state index is 11.7. The van der Waals surface area contributed by atoms with Gasteiger partial charge in [-0.15, -0.1) is 10.2 Å². The van der Waals surface area contributed by atoms with Crippen LogP contribution < -0.4 is 14.8 Å². The molecule has 0 bridgehead atoms. The molecule has 11 heteroatoms. The lowest BCUT2D eigenvalue weighted by Gasteiger charge is -2.17. The van der Waals surface area contributed by atoms with Crippen molar-refractivity contribution in [2.24, 2.45) is 0 Å².